The molecule has 12 nitrogen and oxygen atoms in total. The van der Waals surface area contributed by atoms with Gasteiger partial charge in [-0.1, -0.05) is 39.0 Å². The molecule has 238 valence electrons. The average molecular weight is 675 g/mol. The molecule has 1 saturated heterocycles. The van der Waals surface area contributed by atoms with Crippen molar-refractivity contribution < 1.29 is 33.8 Å². The summed E-state index contributed by atoms with van der Waals surface area (Å²) < 4.78 is 6.33. The van der Waals surface area contributed by atoms with E-state index in [-0.39, 0.29) is 38.1 Å². The Balaban J connectivity index is 1.41. The highest BCUT2D eigenvalue weighted by atomic mass is 79.9. The van der Waals surface area contributed by atoms with Crippen LogP contribution >= 0.6 is 15.9 Å². The van der Waals surface area contributed by atoms with Crippen molar-refractivity contribution in [2.75, 3.05) is 11.9 Å². The molecular formula is C31H40BrN5O7. The number of anilines is 1. The van der Waals surface area contributed by atoms with Gasteiger partial charge < -0.3 is 35.6 Å². The average Bonchev–Trinajstić information content (AvgIpc) is 3.25. The van der Waals surface area contributed by atoms with Gasteiger partial charge in [-0.05, 0) is 71.5 Å². The van der Waals surface area contributed by atoms with E-state index < -0.39 is 58.9 Å². The molecule has 13 heteroatoms. The predicted octanol–water partition coefficient (Wildman–Crippen LogP) is 4.00. The maximum absolute atomic E-state index is 14.3. The smallest absolute Gasteiger partial charge is 0.408 e. The van der Waals surface area contributed by atoms with Gasteiger partial charge in [0.25, 0.3) is 0 Å². The van der Waals surface area contributed by atoms with Crippen molar-refractivity contribution >= 4 is 51.5 Å². The SMILES string of the molecule is C=C[C@@H]1C[C@]1(NC(=O)[C@@H]1CC(N2Cc3cccc(Br)c3NC2=O)CN1C(=O)[C@@H](NC(=O)OC1CCCC1)C(C)(C)C)C(=O)O. The number of carbonyl (C=O) groups is 5. The van der Waals surface area contributed by atoms with Crippen molar-refractivity contribution in [2.24, 2.45) is 11.3 Å². The standard InChI is InChI=1S/C31H40BrN5O7/c1-5-18-14-31(18,27(40)41)35-25(38)22-13-19(36-15-17-9-8-12-21(32)23(17)33-28(36)42)16-37(22)26(39)24(30(2,3)4)34-29(43)44-20-10-6-7-11-20/h5,8-9,12,18-20,22,24H,1,6-7,10-11,13-16H2,2-4H3,(H,33,42)(H,34,43)(H,35,38)(H,40,41)/t18-,19?,22+,24-,31-/m1/s1. The number of halogens is 1. The Morgan fingerprint density at radius 1 is 1.23 bits per heavy atom. The highest BCUT2D eigenvalue weighted by molar-refractivity contribution is 9.10. The molecule has 0 radical (unpaired) electrons. The molecule has 44 heavy (non-hydrogen) atoms. The minimum absolute atomic E-state index is 0.0184. The number of para-hydroxylation sites is 1. The van der Waals surface area contributed by atoms with Gasteiger partial charge in [0.15, 0.2) is 0 Å². The predicted molar refractivity (Wildman–Crippen MR) is 165 cm³/mol. The van der Waals surface area contributed by atoms with Crippen molar-refractivity contribution in [1.29, 1.82) is 0 Å². The lowest BCUT2D eigenvalue weighted by Crippen LogP contribution is -2.59. The van der Waals surface area contributed by atoms with Gasteiger partial charge in [0.1, 0.15) is 23.7 Å². The Kier molecular flexibility index (Phi) is 8.71. The summed E-state index contributed by atoms with van der Waals surface area (Å²) in [4.78, 5) is 69.4. The summed E-state index contributed by atoms with van der Waals surface area (Å²) in [7, 11) is 0. The van der Waals surface area contributed by atoms with Crippen LogP contribution in [0.5, 0.6) is 0 Å². The summed E-state index contributed by atoms with van der Waals surface area (Å²) >= 11 is 3.47. The minimum Gasteiger partial charge on any atom is -0.479 e. The number of urea groups is 1. The summed E-state index contributed by atoms with van der Waals surface area (Å²) in [5, 5.41) is 18.2. The number of carboxylic acid groups (broad SMARTS) is 1. The van der Waals surface area contributed by atoms with Gasteiger partial charge in [0.05, 0.1) is 11.7 Å². The summed E-state index contributed by atoms with van der Waals surface area (Å²) in [6.45, 7) is 9.37. The second kappa shape index (κ2) is 12.1. The van der Waals surface area contributed by atoms with Gasteiger partial charge in [-0.2, -0.15) is 0 Å². The number of likely N-dealkylation sites (tertiary alicyclic amines) is 1. The number of carboxylic acids is 1. The van der Waals surface area contributed by atoms with Crippen LogP contribution in [0.15, 0.2) is 35.3 Å². The van der Waals surface area contributed by atoms with E-state index in [2.05, 4.69) is 38.5 Å². The Morgan fingerprint density at radius 3 is 2.55 bits per heavy atom. The summed E-state index contributed by atoms with van der Waals surface area (Å²) in [6, 6.07) is 2.53. The molecule has 2 aliphatic carbocycles. The fraction of sp³-hybridized carbons (Fsp3) is 0.581. The zero-order valence-electron chi connectivity index (χ0n) is 25.2. The van der Waals surface area contributed by atoms with Crippen LogP contribution in [0.2, 0.25) is 0 Å². The molecule has 1 unspecified atom stereocenters. The number of benzene rings is 1. The van der Waals surface area contributed by atoms with Gasteiger partial charge in [-0.25, -0.2) is 14.4 Å². The van der Waals surface area contributed by atoms with Crippen LogP contribution in [0.25, 0.3) is 0 Å². The second-order valence-corrected chi connectivity index (χ2v) is 14.1. The van der Waals surface area contributed by atoms with Crippen LogP contribution in [-0.2, 0) is 25.7 Å². The Morgan fingerprint density at radius 2 is 1.93 bits per heavy atom. The fourth-order valence-corrected chi connectivity index (χ4v) is 7.05. The molecule has 0 bridgehead atoms. The Bertz CT molecular complexity index is 1370. The molecule has 1 aromatic carbocycles. The molecule has 2 heterocycles. The molecule has 5 rings (SSSR count). The zero-order chi connectivity index (χ0) is 32.0. The number of rotatable bonds is 8. The van der Waals surface area contributed by atoms with Gasteiger partial charge in [-0.15, -0.1) is 6.58 Å². The lowest BCUT2D eigenvalue weighted by Gasteiger charge is -2.36. The third-order valence-corrected chi connectivity index (χ3v) is 9.88. The van der Waals surface area contributed by atoms with E-state index in [0.29, 0.717) is 5.69 Å². The van der Waals surface area contributed by atoms with Crippen LogP contribution in [-0.4, -0.2) is 81.1 Å². The van der Waals surface area contributed by atoms with Gasteiger partial charge in [-0.3, -0.25) is 9.59 Å². The van der Waals surface area contributed by atoms with Crippen LogP contribution in [0.3, 0.4) is 0 Å². The Hall–Kier alpha value is -3.61. The number of amides is 5. The van der Waals surface area contributed by atoms with Crippen LogP contribution < -0.4 is 16.0 Å². The largest absolute Gasteiger partial charge is 0.479 e. The third-order valence-electron chi connectivity index (χ3n) is 9.22. The number of alkyl carbamates (subject to hydrolysis) is 1. The van der Waals surface area contributed by atoms with Gasteiger partial charge in [0.2, 0.25) is 11.8 Å². The molecule has 4 N–H and O–H groups in total. The fourth-order valence-electron chi connectivity index (χ4n) is 6.54. The van der Waals surface area contributed by atoms with Crippen molar-refractivity contribution in [3.8, 4) is 0 Å². The summed E-state index contributed by atoms with van der Waals surface area (Å²) in [6.07, 6.45) is 4.37. The van der Waals surface area contributed by atoms with E-state index in [1.807, 2.05) is 18.2 Å². The maximum Gasteiger partial charge on any atom is 0.408 e. The molecule has 5 amide bonds. The number of fused-ring (bicyclic) bond motifs is 1. The molecule has 0 aromatic heterocycles. The number of aliphatic carboxylic acids is 1. The molecular weight excluding hydrogens is 634 g/mol. The molecule has 0 spiro atoms. The van der Waals surface area contributed by atoms with E-state index in [0.717, 1.165) is 35.7 Å². The first-order chi connectivity index (χ1) is 20.7. The first-order valence-corrected chi connectivity index (χ1v) is 15.8. The molecule has 2 saturated carbocycles. The molecule has 1 aromatic rings. The molecule has 2 aliphatic heterocycles. The summed E-state index contributed by atoms with van der Waals surface area (Å²) in [5.74, 6) is -2.76. The third kappa shape index (κ3) is 6.15. The number of nitrogens with zero attached hydrogens (tertiary/aromatic N) is 2. The van der Waals surface area contributed by atoms with Crippen molar-refractivity contribution in [1.82, 2.24) is 20.4 Å². The lowest BCUT2D eigenvalue weighted by molar-refractivity contribution is -0.146. The number of nitrogens with one attached hydrogen (secondary N) is 3. The van der Waals surface area contributed by atoms with E-state index in [4.69, 9.17) is 4.74 Å². The van der Waals surface area contributed by atoms with Crippen LogP contribution in [0, 0.1) is 11.3 Å². The Labute approximate surface area is 265 Å². The van der Waals surface area contributed by atoms with Gasteiger partial charge in [0, 0.05) is 23.5 Å². The minimum atomic E-state index is -1.49. The van der Waals surface area contributed by atoms with Crippen molar-refractivity contribution in [3.05, 3.63) is 40.9 Å². The number of carbonyl (C=O) groups excluding carboxylic acids is 4. The van der Waals surface area contributed by atoms with Crippen molar-refractivity contribution in [3.63, 3.8) is 0 Å². The van der Waals surface area contributed by atoms with Crippen LogP contribution in [0.1, 0.15) is 64.9 Å². The van der Waals surface area contributed by atoms with E-state index >= 15 is 0 Å². The number of ether oxygens (including phenoxy) is 1. The molecule has 3 fully saturated rings. The van der Waals surface area contributed by atoms with Crippen LogP contribution in [0.4, 0.5) is 15.3 Å². The normalized spacial score (nSPS) is 27.2. The first kappa shape index (κ1) is 31.8. The monoisotopic (exact) mass is 673 g/mol. The van der Waals surface area contributed by atoms with E-state index in [1.54, 1.807) is 25.7 Å². The number of hydrogen-bond acceptors (Lipinski definition) is 6. The first-order valence-electron chi connectivity index (χ1n) is 15.1. The highest BCUT2D eigenvalue weighted by Crippen LogP contribution is 2.45. The van der Waals surface area contributed by atoms with Gasteiger partial charge >= 0.3 is 18.1 Å². The zero-order valence-corrected chi connectivity index (χ0v) is 26.8. The second-order valence-electron chi connectivity index (χ2n) is 13.3. The van der Waals surface area contributed by atoms with E-state index in [9.17, 15) is 29.1 Å². The topological polar surface area (TPSA) is 157 Å². The number of hydrogen-bond donors (Lipinski definition) is 4. The summed E-state index contributed by atoms with van der Waals surface area (Å²) in [5.41, 5.74) is -0.720. The molecule has 4 aliphatic rings. The molecule has 5 atom stereocenters. The van der Waals surface area contributed by atoms with E-state index in [1.165, 1.54) is 11.0 Å². The maximum atomic E-state index is 14.3. The van der Waals surface area contributed by atoms with Crippen molar-refractivity contribution in [2.45, 2.75) is 95.6 Å². The lowest BCUT2D eigenvalue weighted by atomic mass is 9.85. The quantitative estimate of drug-likeness (QED) is 0.304. The highest BCUT2D eigenvalue weighted by Gasteiger charge is 2.61.